The molecule has 3 nitrogen and oxygen atoms in total. The summed E-state index contributed by atoms with van der Waals surface area (Å²) in [4.78, 5) is 0. The molecule has 0 amide bonds. The van der Waals surface area contributed by atoms with Crippen molar-refractivity contribution in [2.45, 2.75) is 71.4 Å². The van der Waals surface area contributed by atoms with E-state index in [9.17, 15) is 0 Å². The van der Waals surface area contributed by atoms with Gasteiger partial charge in [-0.05, 0) is 79.9 Å². The zero-order valence-electron chi connectivity index (χ0n) is 16.6. The van der Waals surface area contributed by atoms with Crippen LogP contribution in [-0.4, -0.2) is 19.3 Å². The molecule has 0 aromatic heterocycles. The predicted molar refractivity (Wildman–Crippen MR) is 109 cm³/mol. The quantitative estimate of drug-likeness (QED) is 0.639. The van der Waals surface area contributed by atoms with Crippen molar-refractivity contribution in [2.24, 2.45) is 16.7 Å². The van der Waals surface area contributed by atoms with Crippen LogP contribution >= 0.6 is 15.9 Å². The van der Waals surface area contributed by atoms with E-state index in [1.54, 1.807) is 7.11 Å². The van der Waals surface area contributed by atoms with E-state index in [4.69, 9.17) is 9.47 Å². The summed E-state index contributed by atoms with van der Waals surface area (Å²) in [6.07, 6.45) is 8.31. The van der Waals surface area contributed by atoms with Crippen LogP contribution in [0.1, 0.15) is 64.9 Å². The highest BCUT2D eigenvalue weighted by Crippen LogP contribution is 2.66. The van der Waals surface area contributed by atoms with E-state index >= 15 is 0 Å². The lowest BCUT2D eigenvalue weighted by molar-refractivity contribution is -0.118. The highest BCUT2D eigenvalue weighted by Gasteiger charge is 2.59. The third-order valence-electron chi connectivity index (χ3n) is 6.91. The Morgan fingerprint density at radius 1 is 1.08 bits per heavy atom. The van der Waals surface area contributed by atoms with Crippen molar-refractivity contribution in [3.63, 3.8) is 0 Å². The van der Waals surface area contributed by atoms with Crippen LogP contribution in [0.4, 0.5) is 0 Å². The second kappa shape index (κ2) is 6.41. The molecule has 2 atom stereocenters. The largest absolute Gasteiger partial charge is 0.493 e. The maximum Gasteiger partial charge on any atom is 0.161 e. The molecule has 0 radical (unpaired) electrons. The number of nitrogens with one attached hydrogen (secondary N) is 1. The summed E-state index contributed by atoms with van der Waals surface area (Å²) in [6.45, 7) is 8.60. The molecule has 144 valence electrons. The van der Waals surface area contributed by atoms with Gasteiger partial charge in [-0.3, -0.25) is 0 Å². The van der Waals surface area contributed by atoms with Crippen LogP contribution in [-0.2, 0) is 6.54 Å². The van der Waals surface area contributed by atoms with E-state index in [1.165, 1.54) is 44.1 Å². The van der Waals surface area contributed by atoms with Gasteiger partial charge in [0.25, 0.3) is 0 Å². The Labute approximate surface area is 166 Å². The number of rotatable bonds is 6. The van der Waals surface area contributed by atoms with Gasteiger partial charge >= 0.3 is 0 Å². The van der Waals surface area contributed by atoms with Gasteiger partial charge in [-0.15, -0.1) is 0 Å². The molecule has 4 aliphatic rings. The van der Waals surface area contributed by atoms with Gasteiger partial charge in [-0.25, -0.2) is 0 Å². The number of hydrogen-bond donors (Lipinski definition) is 1. The Morgan fingerprint density at radius 2 is 1.77 bits per heavy atom. The van der Waals surface area contributed by atoms with Crippen LogP contribution in [0.5, 0.6) is 11.5 Å². The number of hydrogen-bond acceptors (Lipinski definition) is 3. The van der Waals surface area contributed by atoms with Crippen molar-refractivity contribution in [1.82, 2.24) is 5.32 Å². The maximum atomic E-state index is 5.78. The molecule has 26 heavy (non-hydrogen) atoms. The molecule has 1 N–H and O–H groups in total. The molecule has 0 aliphatic heterocycles. The second-order valence-corrected chi connectivity index (χ2v) is 10.6. The van der Waals surface area contributed by atoms with Crippen molar-refractivity contribution in [1.29, 1.82) is 0 Å². The van der Waals surface area contributed by atoms with Crippen molar-refractivity contribution >= 4 is 15.9 Å². The molecule has 5 rings (SSSR count). The van der Waals surface area contributed by atoms with Crippen molar-refractivity contribution in [3.05, 3.63) is 22.2 Å². The Balaban J connectivity index is 1.55. The molecule has 4 heteroatoms. The lowest BCUT2D eigenvalue weighted by atomic mass is 9.43. The van der Waals surface area contributed by atoms with Crippen LogP contribution < -0.4 is 14.8 Å². The zero-order valence-corrected chi connectivity index (χ0v) is 18.2. The fraction of sp³-hybridized carbons (Fsp3) is 0.727. The molecule has 0 heterocycles. The van der Waals surface area contributed by atoms with Crippen LogP contribution in [0.2, 0.25) is 0 Å². The average molecular weight is 422 g/mol. The number of ether oxygens (including phenoxy) is 2. The van der Waals surface area contributed by atoms with Crippen LogP contribution in [0.3, 0.4) is 0 Å². The van der Waals surface area contributed by atoms with Crippen LogP contribution in [0, 0.1) is 16.7 Å². The fourth-order valence-electron chi connectivity index (χ4n) is 7.07. The smallest absolute Gasteiger partial charge is 0.161 e. The molecule has 1 aromatic carbocycles. The van der Waals surface area contributed by atoms with Crippen molar-refractivity contribution in [2.75, 3.05) is 13.7 Å². The maximum absolute atomic E-state index is 5.78. The average Bonchev–Trinajstić information content (AvgIpc) is 2.51. The first-order valence-electron chi connectivity index (χ1n) is 10.0. The van der Waals surface area contributed by atoms with Gasteiger partial charge in [0.1, 0.15) is 0 Å². The van der Waals surface area contributed by atoms with Gasteiger partial charge in [0.15, 0.2) is 11.5 Å². The van der Waals surface area contributed by atoms with Crippen LogP contribution in [0.15, 0.2) is 16.6 Å². The minimum Gasteiger partial charge on any atom is -0.493 e. The highest BCUT2D eigenvalue weighted by atomic mass is 79.9. The second-order valence-electron chi connectivity index (χ2n) is 9.79. The van der Waals surface area contributed by atoms with Crippen molar-refractivity contribution in [3.8, 4) is 11.5 Å². The molecule has 4 saturated carbocycles. The van der Waals surface area contributed by atoms with E-state index in [-0.39, 0.29) is 0 Å². The summed E-state index contributed by atoms with van der Waals surface area (Å²) >= 11 is 3.73. The Kier molecular flexibility index (Phi) is 4.59. The van der Waals surface area contributed by atoms with E-state index < -0.39 is 0 Å². The van der Waals surface area contributed by atoms with E-state index in [1.807, 2.05) is 13.0 Å². The molecular formula is C22H32BrNO2. The normalized spacial score (nSPS) is 37.8. The third kappa shape index (κ3) is 3.28. The van der Waals surface area contributed by atoms with E-state index in [2.05, 4.69) is 41.2 Å². The molecule has 4 bridgehead atoms. The monoisotopic (exact) mass is 421 g/mol. The minimum absolute atomic E-state index is 0.314. The fourth-order valence-corrected chi connectivity index (χ4v) is 7.53. The van der Waals surface area contributed by atoms with Gasteiger partial charge in [-0.2, -0.15) is 0 Å². The molecule has 0 saturated heterocycles. The van der Waals surface area contributed by atoms with Gasteiger partial charge in [0.2, 0.25) is 0 Å². The van der Waals surface area contributed by atoms with Gasteiger partial charge in [-0.1, -0.05) is 29.8 Å². The van der Waals surface area contributed by atoms with Crippen LogP contribution in [0.25, 0.3) is 0 Å². The summed E-state index contributed by atoms with van der Waals surface area (Å²) in [5.41, 5.74) is 2.64. The number of methoxy groups -OCH3 is 1. The van der Waals surface area contributed by atoms with Gasteiger partial charge in [0.05, 0.1) is 13.7 Å². The zero-order chi connectivity index (χ0) is 18.6. The summed E-state index contributed by atoms with van der Waals surface area (Å²) in [6, 6.07) is 4.16. The summed E-state index contributed by atoms with van der Waals surface area (Å²) in [7, 11) is 1.69. The Bertz CT molecular complexity index is 686. The first-order chi connectivity index (χ1) is 12.3. The minimum atomic E-state index is 0.314. The standard InChI is InChI=1S/C22H32BrNO2/c1-5-26-19-6-16(17(23)7-18(19)25-4)11-24-22-10-15-8-20(2,13-22)12-21(3,9-15)14-22/h6-7,15,24H,5,8-14H2,1-4H3. The lowest BCUT2D eigenvalue weighted by Crippen LogP contribution is -2.63. The molecule has 0 spiro atoms. The topological polar surface area (TPSA) is 30.5 Å². The Hall–Kier alpha value is -0.740. The van der Waals surface area contributed by atoms with E-state index in [0.29, 0.717) is 23.0 Å². The first-order valence-corrected chi connectivity index (χ1v) is 10.8. The number of benzene rings is 1. The summed E-state index contributed by atoms with van der Waals surface area (Å²) in [5.74, 6) is 2.53. The summed E-state index contributed by atoms with van der Waals surface area (Å²) in [5, 5.41) is 4.02. The van der Waals surface area contributed by atoms with Gasteiger partial charge < -0.3 is 14.8 Å². The molecule has 2 unspecified atom stereocenters. The predicted octanol–water partition coefficient (Wildman–Crippen LogP) is 5.70. The number of halogens is 1. The molecule has 1 aromatic rings. The third-order valence-corrected chi connectivity index (χ3v) is 7.65. The van der Waals surface area contributed by atoms with Crippen molar-refractivity contribution < 1.29 is 9.47 Å². The first kappa shape index (κ1) is 18.6. The Morgan fingerprint density at radius 3 is 2.35 bits per heavy atom. The molecular weight excluding hydrogens is 390 g/mol. The molecule has 4 aliphatic carbocycles. The lowest BCUT2D eigenvalue weighted by Gasteiger charge is -2.65. The molecule has 4 fully saturated rings. The highest BCUT2D eigenvalue weighted by molar-refractivity contribution is 9.10. The van der Waals surface area contributed by atoms with Gasteiger partial charge in [0, 0.05) is 16.6 Å². The van der Waals surface area contributed by atoms with E-state index in [0.717, 1.165) is 28.4 Å². The summed E-state index contributed by atoms with van der Waals surface area (Å²) < 4.78 is 12.3. The SMILES string of the molecule is CCOc1cc(CNC23CC4CC(C)(CC(C)(C4)C2)C3)c(Br)cc1OC.